The van der Waals surface area contributed by atoms with Gasteiger partial charge in [0.2, 0.25) is 0 Å². The number of nitrogens with one attached hydrogen (secondary N) is 1. The predicted octanol–water partition coefficient (Wildman–Crippen LogP) is 4.81. The second kappa shape index (κ2) is 5.77. The molecule has 2 atom stereocenters. The Morgan fingerprint density at radius 2 is 1.60 bits per heavy atom. The van der Waals surface area contributed by atoms with Crippen LogP contribution in [0.25, 0.3) is 0 Å². The smallest absolute Gasteiger partial charge is 0.0408 e. The summed E-state index contributed by atoms with van der Waals surface area (Å²) in [4.78, 5) is 0. The predicted molar refractivity (Wildman–Crippen MR) is 85.7 cm³/mol. The number of hydrogen-bond acceptors (Lipinski definition) is 1. The number of benzene rings is 2. The Morgan fingerprint density at radius 1 is 0.950 bits per heavy atom. The Labute approximate surface area is 129 Å². The first-order valence-electron chi connectivity index (χ1n) is 6.90. The molecule has 0 aromatic heterocycles. The van der Waals surface area contributed by atoms with Gasteiger partial charge in [0.05, 0.1) is 0 Å². The third kappa shape index (κ3) is 3.01. The molecule has 3 rings (SSSR count). The summed E-state index contributed by atoms with van der Waals surface area (Å²) in [6.45, 7) is 2.19. The molecule has 0 heterocycles. The normalized spacial score (nSPS) is 18.9. The van der Waals surface area contributed by atoms with Crippen LogP contribution in [-0.2, 0) is 12.8 Å². The van der Waals surface area contributed by atoms with Crippen LogP contribution in [0.1, 0.15) is 29.7 Å². The van der Waals surface area contributed by atoms with Gasteiger partial charge in [-0.25, -0.2) is 0 Å². The van der Waals surface area contributed by atoms with E-state index in [-0.39, 0.29) is 0 Å². The van der Waals surface area contributed by atoms with Crippen molar-refractivity contribution in [1.82, 2.24) is 5.32 Å². The fourth-order valence-corrected chi connectivity index (χ4v) is 3.23. The monoisotopic (exact) mass is 305 g/mol. The van der Waals surface area contributed by atoms with Crippen molar-refractivity contribution in [1.29, 1.82) is 0 Å². The molecule has 104 valence electrons. The first kappa shape index (κ1) is 13.9. The van der Waals surface area contributed by atoms with Crippen LogP contribution in [0.5, 0.6) is 0 Å². The van der Waals surface area contributed by atoms with Crippen LogP contribution >= 0.6 is 23.2 Å². The second-order valence-electron chi connectivity index (χ2n) is 5.46. The second-order valence-corrected chi connectivity index (χ2v) is 6.33. The van der Waals surface area contributed by atoms with E-state index in [9.17, 15) is 0 Å². The van der Waals surface area contributed by atoms with Gasteiger partial charge in [0, 0.05) is 22.1 Å². The van der Waals surface area contributed by atoms with Gasteiger partial charge in [0.15, 0.2) is 0 Å². The summed E-state index contributed by atoms with van der Waals surface area (Å²) in [7, 11) is 0. The lowest BCUT2D eigenvalue weighted by Crippen LogP contribution is -2.32. The van der Waals surface area contributed by atoms with E-state index in [1.165, 1.54) is 16.7 Å². The van der Waals surface area contributed by atoms with Gasteiger partial charge in [-0.1, -0.05) is 41.4 Å². The Morgan fingerprint density at radius 3 is 2.35 bits per heavy atom. The highest BCUT2D eigenvalue weighted by Gasteiger charge is 2.23. The lowest BCUT2D eigenvalue weighted by molar-refractivity contribution is 0.467. The topological polar surface area (TPSA) is 12.0 Å². The standard InChI is InChI=1S/C17H17Cl2N/c1-11(12-2-5-15(18)6-3-12)20-17-9-13-4-7-16(19)8-14(13)10-17/h2-8,11,17,20H,9-10H2,1H3/t11-,17?/m1/s1. The maximum Gasteiger partial charge on any atom is 0.0408 e. The molecule has 1 nitrogen and oxygen atoms in total. The molecule has 0 spiro atoms. The molecule has 1 aliphatic carbocycles. The summed E-state index contributed by atoms with van der Waals surface area (Å²) in [5.74, 6) is 0. The summed E-state index contributed by atoms with van der Waals surface area (Å²) in [6, 6.07) is 15.1. The first-order chi connectivity index (χ1) is 9.61. The highest BCUT2D eigenvalue weighted by Crippen LogP contribution is 2.27. The molecule has 0 aliphatic heterocycles. The maximum absolute atomic E-state index is 6.05. The maximum atomic E-state index is 6.05. The minimum Gasteiger partial charge on any atom is -0.307 e. The van der Waals surface area contributed by atoms with Gasteiger partial charge in [0.25, 0.3) is 0 Å². The van der Waals surface area contributed by atoms with Crippen molar-refractivity contribution in [2.45, 2.75) is 31.8 Å². The van der Waals surface area contributed by atoms with Gasteiger partial charge in [-0.3, -0.25) is 0 Å². The molecule has 1 aliphatic rings. The molecule has 2 aromatic carbocycles. The van der Waals surface area contributed by atoms with Gasteiger partial charge in [-0.05, 0) is 60.7 Å². The first-order valence-corrected chi connectivity index (χ1v) is 7.66. The van der Waals surface area contributed by atoms with E-state index in [1.807, 2.05) is 18.2 Å². The van der Waals surface area contributed by atoms with E-state index in [0.717, 1.165) is 22.9 Å². The van der Waals surface area contributed by atoms with Gasteiger partial charge in [-0.2, -0.15) is 0 Å². The van der Waals surface area contributed by atoms with E-state index >= 15 is 0 Å². The van der Waals surface area contributed by atoms with Crippen molar-refractivity contribution in [3.8, 4) is 0 Å². The SMILES string of the molecule is C[C@@H](NC1Cc2ccc(Cl)cc2C1)c1ccc(Cl)cc1. The molecule has 1 N–H and O–H groups in total. The zero-order valence-electron chi connectivity index (χ0n) is 11.4. The molecule has 0 saturated heterocycles. The average Bonchev–Trinajstić information content (AvgIpc) is 2.80. The summed E-state index contributed by atoms with van der Waals surface area (Å²) in [6.07, 6.45) is 2.12. The van der Waals surface area contributed by atoms with Crippen molar-refractivity contribution in [2.75, 3.05) is 0 Å². The summed E-state index contributed by atoms with van der Waals surface area (Å²) >= 11 is 12.0. The van der Waals surface area contributed by atoms with E-state index in [0.29, 0.717) is 12.1 Å². The van der Waals surface area contributed by atoms with Gasteiger partial charge in [0.1, 0.15) is 0 Å². The fourth-order valence-electron chi connectivity index (χ4n) is 2.91. The van der Waals surface area contributed by atoms with Crippen LogP contribution in [-0.4, -0.2) is 6.04 Å². The molecule has 0 amide bonds. The molecule has 20 heavy (non-hydrogen) atoms. The lowest BCUT2D eigenvalue weighted by atomic mass is 10.1. The lowest BCUT2D eigenvalue weighted by Gasteiger charge is -2.19. The number of hydrogen-bond donors (Lipinski definition) is 1. The Hall–Kier alpha value is -1.02. The summed E-state index contributed by atoms with van der Waals surface area (Å²) in [5, 5.41) is 5.30. The Bertz CT molecular complexity index is 607. The van der Waals surface area contributed by atoms with Crippen LogP contribution in [0, 0.1) is 0 Å². The molecule has 1 unspecified atom stereocenters. The molecular formula is C17H17Cl2N. The molecule has 2 aromatic rings. The van der Waals surface area contributed by atoms with Crippen LogP contribution < -0.4 is 5.32 Å². The van der Waals surface area contributed by atoms with Crippen LogP contribution in [0.4, 0.5) is 0 Å². The van der Waals surface area contributed by atoms with Crippen molar-refractivity contribution in [3.63, 3.8) is 0 Å². The summed E-state index contributed by atoms with van der Waals surface area (Å²) in [5.41, 5.74) is 4.05. The van der Waals surface area contributed by atoms with Gasteiger partial charge in [-0.15, -0.1) is 0 Å². The van der Waals surface area contributed by atoms with Gasteiger partial charge >= 0.3 is 0 Å². The zero-order chi connectivity index (χ0) is 14.1. The average molecular weight is 306 g/mol. The Balaban J connectivity index is 1.67. The largest absolute Gasteiger partial charge is 0.307 e. The van der Waals surface area contributed by atoms with Crippen molar-refractivity contribution < 1.29 is 0 Å². The molecule has 3 heteroatoms. The van der Waals surface area contributed by atoms with E-state index in [4.69, 9.17) is 23.2 Å². The van der Waals surface area contributed by atoms with E-state index < -0.39 is 0 Å². The van der Waals surface area contributed by atoms with Crippen LogP contribution in [0.15, 0.2) is 42.5 Å². The third-order valence-electron chi connectivity index (χ3n) is 3.96. The zero-order valence-corrected chi connectivity index (χ0v) is 12.9. The van der Waals surface area contributed by atoms with E-state index in [2.05, 4.69) is 36.5 Å². The fraction of sp³-hybridized carbons (Fsp3) is 0.294. The third-order valence-corrected chi connectivity index (χ3v) is 4.44. The highest BCUT2D eigenvalue weighted by molar-refractivity contribution is 6.30. The van der Waals surface area contributed by atoms with Crippen LogP contribution in [0.3, 0.4) is 0 Å². The number of fused-ring (bicyclic) bond motifs is 1. The molecule has 0 saturated carbocycles. The molecule has 0 radical (unpaired) electrons. The van der Waals surface area contributed by atoms with Crippen molar-refractivity contribution in [2.24, 2.45) is 0 Å². The summed E-state index contributed by atoms with van der Waals surface area (Å²) < 4.78 is 0. The molecular weight excluding hydrogens is 289 g/mol. The Kier molecular flexibility index (Phi) is 4.02. The molecule has 0 fully saturated rings. The number of halogens is 2. The van der Waals surface area contributed by atoms with Crippen LogP contribution in [0.2, 0.25) is 10.0 Å². The number of rotatable bonds is 3. The minimum atomic E-state index is 0.321. The molecule has 0 bridgehead atoms. The quantitative estimate of drug-likeness (QED) is 0.858. The van der Waals surface area contributed by atoms with E-state index in [1.54, 1.807) is 0 Å². The van der Waals surface area contributed by atoms with Crippen molar-refractivity contribution >= 4 is 23.2 Å². The minimum absolute atomic E-state index is 0.321. The van der Waals surface area contributed by atoms with Crippen molar-refractivity contribution in [3.05, 3.63) is 69.2 Å². The van der Waals surface area contributed by atoms with Gasteiger partial charge < -0.3 is 5.32 Å². The highest BCUT2D eigenvalue weighted by atomic mass is 35.5.